The van der Waals surface area contributed by atoms with Crippen LogP contribution < -0.4 is 4.74 Å². The SMILES string of the molecule is CCOc1ccc(-c2nc(C)c(C(=O)N3CCC(C(=O)c4ccc(C)cc4)CC3)s2)cc1. The molecule has 0 radical (unpaired) electrons. The van der Waals surface area contributed by atoms with Gasteiger partial charge in [-0.1, -0.05) is 29.8 Å². The molecule has 0 aliphatic carbocycles. The van der Waals surface area contributed by atoms with Gasteiger partial charge in [-0.15, -0.1) is 11.3 Å². The predicted octanol–water partition coefficient (Wildman–Crippen LogP) is 5.56. The number of ketones is 1. The van der Waals surface area contributed by atoms with Gasteiger partial charge in [0.25, 0.3) is 5.91 Å². The highest BCUT2D eigenvalue weighted by Gasteiger charge is 2.30. The van der Waals surface area contributed by atoms with Crippen molar-refractivity contribution in [1.82, 2.24) is 9.88 Å². The van der Waals surface area contributed by atoms with Crippen molar-refractivity contribution in [2.24, 2.45) is 5.92 Å². The first-order valence-corrected chi connectivity index (χ1v) is 11.9. The van der Waals surface area contributed by atoms with E-state index in [0.717, 1.165) is 33.1 Å². The van der Waals surface area contributed by atoms with Gasteiger partial charge in [-0.2, -0.15) is 0 Å². The summed E-state index contributed by atoms with van der Waals surface area (Å²) < 4.78 is 5.50. The molecule has 2 heterocycles. The van der Waals surface area contributed by atoms with Crippen LogP contribution in [0.4, 0.5) is 0 Å². The van der Waals surface area contributed by atoms with Crippen LogP contribution in [0.5, 0.6) is 5.75 Å². The molecule has 5 nitrogen and oxygen atoms in total. The van der Waals surface area contributed by atoms with E-state index in [9.17, 15) is 9.59 Å². The van der Waals surface area contributed by atoms with Gasteiger partial charge >= 0.3 is 0 Å². The Kier molecular flexibility index (Phi) is 6.70. The summed E-state index contributed by atoms with van der Waals surface area (Å²) in [6.45, 7) is 7.67. The first-order valence-electron chi connectivity index (χ1n) is 11.1. The number of carbonyl (C=O) groups is 2. The molecule has 1 aromatic heterocycles. The zero-order valence-electron chi connectivity index (χ0n) is 18.8. The monoisotopic (exact) mass is 448 g/mol. The lowest BCUT2D eigenvalue weighted by atomic mass is 9.88. The van der Waals surface area contributed by atoms with Crippen molar-refractivity contribution >= 4 is 23.0 Å². The number of carbonyl (C=O) groups excluding carboxylic acids is 2. The Morgan fingerprint density at radius 2 is 1.69 bits per heavy atom. The Morgan fingerprint density at radius 1 is 1.03 bits per heavy atom. The molecule has 1 aliphatic heterocycles. The zero-order chi connectivity index (χ0) is 22.7. The van der Waals surface area contributed by atoms with Crippen LogP contribution in [0.25, 0.3) is 10.6 Å². The maximum absolute atomic E-state index is 13.2. The summed E-state index contributed by atoms with van der Waals surface area (Å²) in [6.07, 6.45) is 1.39. The van der Waals surface area contributed by atoms with Crippen LogP contribution in [0, 0.1) is 19.8 Å². The zero-order valence-corrected chi connectivity index (χ0v) is 19.6. The van der Waals surface area contributed by atoms with Gasteiger partial charge in [-0.3, -0.25) is 9.59 Å². The Hall–Kier alpha value is -2.99. The van der Waals surface area contributed by atoms with E-state index in [1.807, 2.05) is 74.2 Å². The maximum atomic E-state index is 13.2. The number of Topliss-reactive ketones (excluding diaryl/α,β-unsaturated/α-hetero) is 1. The minimum Gasteiger partial charge on any atom is -0.494 e. The van der Waals surface area contributed by atoms with Crippen LogP contribution >= 0.6 is 11.3 Å². The highest BCUT2D eigenvalue weighted by molar-refractivity contribution is 7.17. The normalized spacial score (nSPS) is 14.4. The molecule has 4 rings (SSSR count). The first kappa shape index (κ1) is 22.2. The fraction of sp³-hybridized carbons (Fsp3) is 0.346. The van der Waals surface area contributed by atoms with E-state index in [-0.39, 0.29) is 17.6 Å². The van der Waals surface area contributed by atoms with Gasteiger partial charge in [-0.05, 0) is 57.9 Å². The van der Waals surface area contributed by atoms with Crippen LogP contribution in [0.1, 0.15) is 51.1 Å². The Morgan fingerprint density at radius 3 is 2.31 bits per heavy atom. The number of piperidine rings is 1. The molecule has 1 amide bonds. The quantitative estimate of drug-likeness (QED) is 0.463. The lowest BCUT2D eigenvalue weighted by molar-refractivity contribution is 0.0653. The number of likely N-dealkylation sites (tertiary alicyclic amines) is 1. The van der Waals surface area contributed by atoms with Gasteiger partial charge in [-0.25, -0.2) is 4.98 Å². The molecule has 0 bridgehead atoms. The van der Waals surface area contributed by atoms with Crippen molar-refractivity contribution in [2.45, 2.75) is 33.6 Å². The lowest BCUT2D eigenvalue weighted by Crippen LogP contribution is -2.40. The molecule has 1 fully saturated rings. The highest BCUT2D eigenvalue weighted by Crippen LogP contribution is 2.31. The summed E-state index contributed by atoms with van der Waals surface area (Å²) in [5, 5.41) is 0.832. The van der Waals surface area contributed by atoms with E-state index < -0.39 is 0 Å². The van der Waals surface area contributed by atoms with Crippen molar-refractivity contribution in [3.05, 3.63) is 70.2 Å². The third-order valence-electron chi connectivity index (χ3n) is 5.89. The van der Waals surface area contributed by atoms with E-state index in [2.05, 4.69) is 4.98 Å². The number of hydrogen-bond acceptors (Lipinski definition) is 5. The van der Waals surface area contributed by atoms with Crippen LogP contribution in [-0.4, -0.2) is 41.3 Å². The van der Waals surface area contributed by atoms with Crippen molar-refractivity contribution < 1.29 is 14.3 Å². The van der Waals surface area contributed by atoms with E-state index in [4.69, 9.17) is 4.74 Å². The third-order valence-corrected chi connectivity index (χ3v) is 7.09. The number of rotatable bonds is 6. The second-order valence-electron chi connectivity index (χ2n) is 8.19. The average Bonchev–Trinajstić information content (AvgIpc) is 3.21. The molecule has 0 saturated carbocycles. The van der Waals surface area contributed by atoms with Crippen molar-refractivity contribution in [2.75, 3.05) is 19.7 Å². The molecule has 0 unspecified atom stereocenters. The number of amides is 1. The van der Waals surface area contributed by atoms with Gasteiger partial charge in [0.2, 0.25) is 0 Å². The fourth-order valence-electron chi connectivity index (χ4n) is 4.02. The van der Waals surface area contributed by atoms with E-state index in [1.165, 1.54) is 11.3 Å². The standard InChI is InChI=1S/C26H28N2O3S/c1-4-31-22-11-9-21(10-12-22)25-27-18(3)24(32-25)26(30)28-15-13-20(14-16-28)23(29)19-7-5-17(2)6-8-19/h5-12,20H,4,13-16H2,1-3H3. The molecule has 166 valence electrons. The van der Waals surface area contributed by atoms with Crippen molar-refractivity contribution in [3.63, 3.8) is 0 Å². The van der Waals surface area contributed by atoms with Crippen LogP contribution in [0.15, 0.2) is 48.5 Å². The van der Waals surface area contributed by atoms with Crippen molar-refractivity contribution in [3.8, 4) is 16.3 Å². The van der Waals surface area contributed by atoms with Gasteiger partial charge in [0.15, 0.2) is 5.78 Å². The molecule has 6 heteroatoms. The number of aromatic nitrogens is 1. The van der Waals surface area contributed by atoms with Gasteiger partial charge in [0.1, 0.15) is 15.6 Å². The molecule has 32 heavy (non-hydrogen) atoms. The fourth-order valence-corrected chi connectivity index (χ4v) is 5.06. The number of nitrogens with zero attached hydrogens (tertiary/aromatic N) is 2. The minimum atomic E-state index is -0.0243. The highest BCUT2D eigenvalue weighted by atomic mass is 32.1. The molecule has 0 N–H and O–H groups in total. The predicted molar refractivity (Wildman–Crippen MR) is 128 cm³/mol. The summed E-state index contributed by atoms with van der Waals surface area (Å²) in [5.74, 6) is 0.995. The number of aryl methyl sites for hydroxylation is 2. The largest absolute Gasteiger partial charge is 0.494 e. The molecule has 3 aromatic rings. The summed E-state index contributed by atoms with van der Waals surface area (Å²) in [5.41, 5.74) is 3.63. The maximum Gasteiger partial charge on any atom is 0.265 e. The average molecular weight is 449 g/mol. The van der Waals surface area contributed by atoms with E-state index in [1.54, 1.807) is 0 Å². The van der Waals surface area contributed by atoms with E-state index in [0.29, 0.717) is 37.4 Å². The third kappa shape index (κ3) is 4.75. The Balaban J connectivity index is 1.41. The summed E-state index contributed by atoms with van der Waals surface area (Å²) >= 11 is 1.43. The second-order valence-corrected chi connectivity index (χ2v) is 9.19. The molecule has 1 saturated heterocycles. The van der Waals surface area contributed by atoms with Gasteiger partial charge in [0.05, 0.1) is 12.3 Å². The number of hydrogen-bond donors (Lipinski definition) is 0. The number of ether oxygens (including phenoxy) is 1. The van der Waals surface area contributed by atoms with E-state index >= 15 is 0 Å². The Bertz CT molecular complexity index is 1100. The molecular formula is C26H28N2O3S. The molecule has 0 spiro atoms. The summed E-state index contributed by atoms with van der Waals surface area (Å²) in [4.78, 5) is 33.2. The smallest absolute Gasteiger partial charge is 0.265 e. The molecule has 0 atom stereocenters. The first-order chi connectivity index (χ1) is 15.5. The minimum absolute atomic E-state index is 0.0124. The summed E-state index contributed by atoms with van der Waals surface area (Å²) in [6, 6.07) is 15.5. The lowest BCUT2D eigenvalue weighted by Gasteiger charge is -2.31. The Labute approximate surface area is 193 Å². The molecular weight excluding hydrogens is 420 g/mol. The van der Waals surface area contributed by atoms with Crippen LogP contribution in [-0.2, 0) is 0 Å². The van der Waals surface area contributed by atoms with Gasteiger partial charge in [0, 0.05) is 30.1 Å². The topological polar surface area (TPSA) is 59.5 Å². The van der Waals surface area contributed by atoms with Gasteiger partial charge < -0.3 is 9.64 Å². The molecule has 1 aliphatic rings. The van der Waals surface area contributed by atoms with Crippen LogP contribution in [0.3, 0.4) is 0 Å². The number of benzene rings is 2. The summed E-state index contributed by atoms with van der Waals surface area (Å²) in [7, 11) is 0. The number of thiazole rings is 1. The van der Waals surface area contributed by atoms with Crippen molar-refractivity contribution in [1.29, 1.82) is 0 Å². The molecule has 2 aromatic carbocycles. The second kappa shape index (κ2) is 9.65. The van der Waals surface area contributed by atoms with Crippen LogP contribution in [0.2, 0.25) is 0 Å².